The second-order valence-electron chi connectivity index (χ2n) is 5.53. The first kappa shape index (κ1) is 12.2. The van der Waals surface area contributed by atoms with Gasteiger partial charge in [-0.25, -0.2) is 0 Å². The van der Waals surface area contributed by atoms with E-state index in [1.165, 1.54) is 5.39 Å². The Morgan fingerprint density at radius 1 is 0.857 bits per heavy atom. The van der Waals surface area contributed by atoms with Crippen molar-refractivity contribution < 1.29 is 4.79 Å². The van der Waals surface area contributed by atoms with Crippen molar-refractivity contribution in [3.8, 4) is 0 Å². The van der Waals surface area contributed by atoms with E-state index in [1.807, 2.05) is 48.5 Å². The third-order valence-electron chi connectivity index (χ3n) is 4.20. The molecule has 0 radical (unpaired) electrons. The summed E-state index contributed by atoms with van der Waals surface area (Å²) in [6.07, 6.45) is 0. The van der Waals surface area contributed by atoms with Crippen LogP contribution in [0.2, 0.25) is 0 Å². The molecule has 0 amide bonds. The first-order valence-corrected chi connectivity index (χ1v) is 7.11. The van der Waals surface area contributed by atoms with Crippen LogP contribution in [0.25, 0.3) is 10.8 Å². The van der Waals surface area contributed by atoms with Gasteiger partial charge in [0.25, 0.3) is 0 Å². The van der Waals surface area contributed by atoms with Crippen molar-refractivity contribution in [1.29, 1.82) is 0 Å². The van der Waals surface area contributed by atoms with Crippen molar-refractivity contribution in [2.75, 3.05) is 11.9 Å². The molecule has 0 saturated carbocycles. The van der Waals surface area contributed by atoms with E-state index >= 15 is 0 Å². The molecule has 0 aliphatic carbocycles. The molecule has 3 aromatic carbocycles. The van der Waals surface area contributed by atoms with Gasteiger partial charge in [-0.15, -0.1) is 0 Å². The fourth-order valence-corrected chi connectivity index (χ4v) is 3.21. The molecule has 3 aromatic rings. The minimum absolute atomic E-state index is 0.121. The van der Waals surface area contributed by atoms with Gasteiger partial charge >= 0.3 is 0 Å². The molecular formula is C19H15NO. The van der Waals surface area contributed by atoms with Crippen LogP contribution >= 0.6 is 0 Å². The number of ketones is 1. The Hall–Kier alpha value is -2.61. The molecule has 21 heavy (non-hydrogen) atoms. The molecule has 0 atom stereocenters. The lowest BCUT2D eigenvalue weighted by Gasteiger charge is -2.21. The number of rotatable bonds is 0. The van der Waals surface area contributed by atoms with E-state index in [0.717, 1.165) is 34.3 Å². The van der Waals surface area contributed by atoms with Crippen molar-refractivity contribution >= 4 is 22.2 Å². The minimum Gasteiger partial charge on any atom is -0.369 e. The Morgan fingerprint density at radius 3 is 2.52 bits per heavy atom. The molecule has 4 rings (SSSR count). The normalized spacial score (nSPS) is 13.8. The van der Waals surface area contributed by atoms with Crippen LogP contribution in [0.3, 0.4) is 0 Å². The van der Waals surface area contributed by atoms with Crippen LogP contribution in [0.4, 0.5) is 5.69 Å². The largest absolute Gasteiger partial charge is 0.369 e. The fourth-order valence-electron chi connectivity index (χ4n) is 3.21. The molecule has 1 aliphatic rings. The highest BCUT2D eigenvalue weighted by Gasteiger charge is 2.24. The summed E-state index contributed by atoms with van der Waals surface area (Å²) in [5, 5.41) is 2.31. The number of hydrogen-bond donors (Lipinski definition) is 0. The molecular weight excluding hydrogens is 258 g/mol. The van der Waals surface area contributed by atoms with Gasteiger partial charge in [-0.1, -0.05) is 54.6 Å². The van der Waals surface area contributed by atoms with Crippen LogP contribution in [0.5, 0.6) is 0 Å². The van der Waals surface area contributed by atoms with Gasteiger partial charge in [0.15, 0.2) is 5.78 Å². The predicted molar refractivity (Wildman–Crippen MR) is 85.9 cm³/mol. The molecule has 0 aromatic heterocycles. The van der Waals surface area contributed by atoms with Crippen molar-refractivity contribution in [2.45, 2.75) is 6.54 Å². The van der Waals surface area contributed by atoms with Gasteiger partial charge in [0.05, 0.1) is 5.69 Å². The van der Waals surface area contributed by atoms with Gasteiger partial charge in [-0.3, -0.25) is 4.79 Å². The zero-order valence-corrected chi connectivity index (χ0v) is 11.8. The van der Waals surface area contributed by atoms with E-state index < -0.39 is 0 Å². The molecule has 0 saturated heterocycles. The first-order chi connectivity index (χ1) is 10.3. The average Bonchev–Trinajstić information content (AvgIpc) is 2.63. The Kier molecular flexibility index (Phi) is 2.58. The Labute approximate surface area is 123 Å². The monoisotopic (exact) mass is 273 g/mol. The van der Waals surface area contributed by atoms with E-state index in [-0.39, 0.29) is 5.78 Å². The molecule has 2 heteroatoms. The van der Waals surface area contributed by atoms with Crippen molar-refractivity contribution in [2.24, 2.45) is 0 Å². The summed E-state index contributed by atoms with van der Waals surface area (Å²) in [5.41, 5.74) is 3.74. The van der Waals surface area contributed by atoms with Crippen LogP contribution < -0.4 is 4.90 Å². The van der Waals surface area contributed by atoms with Crippen LogP contribution in [0, 0.1) is 0 Å². The fraction of sp³-hybridized carbons (Fsp3) is 0.105. The summed E-state index contributed by atoms with van der Waals surface area (Å²) in [7, 11) is 2.06. The second-order valence-corrected chi connectivity index (χ2v) is 5.53. The highest BCUT2D eigenvalue weighted by molar-refractivity contribution is 6.18. The number of carbonyl (C=O) groups excluding carboxylic acids is 1. The summed E-state index contributed by atoms with van der Waals surface area (Å²) in [5.74, 6) is 0.121. The summed E-state index contributed by atoms with van der Waals surface area (Å²) in [4.78, 5) is 15.1. The molecule has 1 aliphatic heterocycles. The lowest BCUT2D eigenvalue weighted by atomic mass is 9.96. The topological polar surface area (TPSA) is 20.3 Å². The first-order valence-electron chi connectivity index (χ1n) is 7.11. The van der Waals surface area contributed by atoms with Gasteiger partial charge in [-0.2, -0.15) is 0 Å². The lowest BCUT2D eigenvalue weighted by Crippen LogP contribution is -2.16. The van der Waals surface area contributed by atoms with Crippen molar-refractivity contribution in [3.05, 3.63) is 77.4 Å². The SMILES string of the molecule is CN1Cc2ccccc2C(=O)c2ccc3ccccc3c21. The van der Waals surface area contributed by atoms with Crippen LogP contribution in [-0.4, -0.2) is 12.8 Å². The molecule has 0 fully saturated rings. The van der Waals surface area contributed by atoms with E-state index in [0.29, 0.717) is 0 Å². The van der Waals surface area contributed by atoms with Gasteiger partial charge in [-0.05, 0) is 17.0 Å². The van der Waals surface area contributed by atoms with Gasteiger partial charge in [0.1, 0.15) is 0 Å². The van der Waals surface area contributed by atoms with Crippen molar-refractivity contribution in [3.63, 3.8) is 0 Å². The second kappa shape index (κ2) is 4.45. The van der Waals surface area contributed by atoms with E-state index in [1.54, 1.807) is 0 Å². The van der Waals surface area contributed by atoms with Crippen molar-refractivity contribution in [1.82, 2.24) is 0 Å². The summed E-state index contributed by atoms with van der Waals surface area (Å²) < 4.78 is 0. The van der Waals surface area contributed by atoms with Crippen LogP contribution in [0.1, 0.15) is 21.5 Å². The van der Waals surface area contributed by atoms with Crippen LogP contribution in [0.15, 0.2) is 60.7 Å². The Bertz CT molecular complexity index is 866. The Balaban J connectivity index is 2.06. The zero-order valence-electron chi connectivity index (χ0n) is 11.8. The zero-order chi connectivity index (χ0) is 14.4. The standard InChI is InChI=1S/C19H15NO/c1-20-12-14-7-3-5-9-16(14)19(21)17-11-10-13-6-2-4-8-15(13)18(17)20/h2-11H,12H2,1H3. The summed E-state index contributed by atoms with van der Waals surface area (Å²) in [6.45, 7) is 0.753. The van der Waals surface area contributed by atoms with Crippen LogP contribution in [-0.2, 0) is 6.54 Å². The molecule has 102 valence electrons. The summed E-state index contributed by atoms with van der Waals surface area (Å²) >= 11 is 0. The number of hydrogen-bond acceptors (Lipinski definition) is 2. The highest BCUT2D eigenvalue weighted by Crippen LogP contribution is 2.35. The molecule has 0 spiro atoms. The minimum atomic E-state index is 0.121. The lowest BCUT2D eigenvalue weighted by molar-refractivity contribution is 0.103. The average molecular weight is 273 g/mol. The third-order valence-corrected chi connectivity index (χ3v) is 4.20. The molecule has 0 unspecified atom stereocenters. The van der Waals surface area contributed by atoms with Gasteiger partial charge in [0.2, 0.25) is 0 Å². The molecule has 0 N–H and O–H groups in total. The maximum atomic E-state index is 12.9. The third kappa shape index (κ3) is 1.76. The number of benzene rings is 3. The maximum absolute atomic E-state index is 12.9. The highest BCUT2D eigenvalue weighted by atomic mass is 16.1. The van der Waals surface area contributed by atoms with E-state index in [4.69, 9.17) is 0 Å². The smallest absolute Gasteiger partial charge is 0.195 e. The van der Waals surface area contributed by atoms with Gasteiger partial charge in [0, 0.05) is 30.1 Å². The number of carbonyl (C=O) groups is 1. The number of fused-ring (bicyclic) bond motifs is 4. The summed E-state index contributed by atoms with van der Waals surface area (Å²) in [6, 6.07) is 20.1. The quantitative estimate of drug-likeness (QED) is 0.616. The molecule has 1 heterocycles. The van der Waals surface area contributed by atoms with E-state index in [9.17, 15) is 4.79 Å². The van der Waals surface area contributed by atoms with E-state index in [2.05, 4.69) is 24.1 Å². The Morgan fingerprint density at radius 2 is 1.62 bits per heavy atom. The number of nitrogens with zero attached hydrogens (tertiary/aromatic N) is 1. The molecule has 0 bridgehead atoms. The maximum Gasteiger partial charge on any atom is 0.195 e. The van der Waals surface area contributed by atoms with Gasteiger partial charge < -0.3 is 4.90 Å². The predicted octanol–water partition coefficient (Wildman–Crippen LogP) is 4.02. The number of anilines is 1. The molecule has 2 nitrogen and oxygen atoms in total.